The number of aromatic nitrogens is 3. The molecular formula is C37H30N4O2. The van der Waals surface area contributed by atoms with Crippen LogP contribution in [0.5, 0.6) is 0 Å². The van der Waals surface area contributed by atoms with Crippen LogP contribution in [0.15, 0.2) is 103 Å². The number of carbonyl (C=O) groups is 1. The van der Waals surface area contributed by atoms with Crippen LogP contribution in [0.2, 0.25) is 0 Å². The number of anilines is 1. The van der Waals surface area contributed by atoms with Crippen molar-refractivity contribution in [2.45, 2.75) is 31.7 Å². The zero-order valence-corrected chi connectivity index (χ0v) is 23.8. The molecule has 0 bridgehead atoms. The van der Waals surface area contributed by atoms with E-state index in [9.17, 15) is 9.90 Å². The first-order chi connectivity index (χ1) is 21.0. The van der Waals surface area contributed by atoms with Crippen molar-refractivity contribution in [1.82, 2.24) is 15.0 Å². The second kappa shape index (κ2) is 9.95. The molecule has 2 N–H and O–H groups in total. The quantitative estimate of drug-likeness (QED) is 0.222. The minimum absolute atomic E-state index is 0.199. The van der Waals surface area contributed by atoms with Gasteiger partial charge in [-0.3, -0.25) is 0 Å². The third kappa shape index (κ3) is 4.29. The van der Waals surface area contributed by atoms with Gasteiger partial charge in [0.2, 0.25) is 0 Å². The van der Waals surface area contributed by atoms with Crippen LogP contribution in [0, 0.1) is 0 Å². The van der Waals surface area contributed by atoms with Crippen molar-refractivity contribution in [3.63, 3.8) is 0 Å². The SMILES string of the molecule is CN(Cc1nc2c(C(=O)O)cccc2[nH]1)c1nc2ccccc2cc1C1C=CC2=C(CCc3c2ccc2ccccc32)C1. The topological polar surface area (TPSA) is 82.1 Å². The monoisotopic (exact) mass is 562 g/mol. The van der Waals surface area contributed by atoms with Crippen LogP contribution in [-0.4, -0.2) is 33.1 Å². The Hall–Kier alpha value is -5.23. The van der Waals surface area contributed by atoms with Gasteiger partial charge in [0.15, 0.2) is 0 Å². The number of carboxylic acids is 1. The lowest BCUT2D eigenvalue weighted by Crippen LogP contribution is -2.22. The van der Waals surface area contributed by atoms with E-state index in [-0.39, 0.29) is 11.5 Å². The fourth-order valence-corrected chi connectivity index (χ4v) is 6.97. The zero-order chi connectivity index (χ0) is 29.1. The number of hydrogen-bond acceptors (Lipinski definition) is 4. The first-order valence-corrected chi connectivity index (χ1v) is 14.8. The molecule has 0 spiro atoms. The number of allylic oxidation sites excluding steroid dienone is 4. The van der Waals surface area contributed by atoms with Gasteiger partial charge in [-0.2, -0.15) is 0 Å². The van der Waals surface area contributed by atoms with Crippen LogP contribution < -0.4 is 4.90 Å². The molecule has 6 aromatic rings. The summed E-state index contributed by atoms with van der Waals surface area (Å²) in [4.78, 5) is 27.0. The van der Waals surface area contributed by atoms with Gasteiger partial charge in [-0.15, -0.1) is 0 Å². The first kappa shape index (κ1) is 25.5. The van der Waals surface area contributed by atoms with Crippen molar-refractivity contribution in [3.05, 3.63) is 131 Å². The highest BCUT2D eigenvalue weighted by atomic mass is 16.4. The lowest BCUT2D eigenvalue weighted by atomic mass is 9.75. The van der Waals surface area contributed by atoms with Crippen molar-refractivity contribution >= 4 is 50.1 Å². The zero-order valence-electron chi connectivity index (χ0n) is 23.8. The third-order valence-corrected chi connectivity index (χ3v) is 9.02. The number of hydrogen-bond donors (Lipinski definition) is 2. The van der Waals surface area contributed by atoms with Crippen molar-refractivity contribution < 1.29 is 9.90 Å². The molecule has 6 heteroatoms. The predicted molar refractivity (Wildman–Crippen MR) is 173 cm³/mol. The molecule has 0 fully saturated rings. The largest absolute Gasteiger partial charge is 0.478 e. The number of carboxylic acid groups (broad SMARTS) is 1. The summed E-state index contributed by atoms with van der Waals surface area (Å²) in [7, 11) is 2.03. The smallest absolute Gasteiger partial charge is 0.337 e. The molecule has 4 aromatic carbocycles. The van der Waals surface area contributed by atoms with Crippen molar-refractivity contribution in [3.8, 4) is 0 Å². The highest BCUT2D eigenvalue weighted by Crippen LogP contribution is 2.45. The predicted octanol–water partition coefficient (Wildman–Crippen LogP) is 8.04. The van der Waals surface area contributed by atoms with E-state index < -0.39 is 5.97 Å². The lowest BCUT2D eigenvalue weighted by molar-refractivity contribution is 0.0699. The van der Waals surface area contributed by atoms with Gasteiger partial charge in [-0.25, -0.2) is 14.8 Å². The Bertz CT molecular complexity index is 2160. The molecule has 1 unspecified atom stereocenters. The average molecular weight is 563 g/mol. The fourth-order valence-electron chi connectivity index (χ4n) is 6.97. The average Bonchev–Trinajstić information content (AvgIpc) is 3.46. The number of rotatable bonds is 5. The maximum atomic E-state index is 11.8. The third-order valence-electron chi connectivity index (χ3n) is 9.02. The summed E-state index contributed by atoms with van der Waals surface area (Å²) in [6.07, 6.45) is 7.78. The summed E-state index contributed by atoms with van der Waals surface area (Å²) in [5.41, 5.74) is 9.25. The van der Waals surface area contributed by atoms with Gasteiger partial charge >= 0.3 is 5.97 Å². The van der Waals surface area contributed by atoms with Gasteiger partial charge < -0.3 is 15.0 Å². The molecule has 0 amide bonds. The maximum Gasteiger partial charge on any atom is 0.337 e. The van der Waals surface area contributed by atoms with Crippen LogP contribution >= 0.6 is 0 Å². The summed E-state index contributed by atoms with van der Waals surface area (Å²) in [6, 6.07) is 29.0. The molecule has 6 nitrogen and oxygen atoms in total. The standard InChI is InChI=1S/C37H30N4O2/c1-41(21-34-38-33-12-6-10-30(37(42)43)35(33)40-34)36-31(20-25-8-3-5-11-32(25)39-36)24-14-16-27-23(19-24)15-18-28-26-9-4-2-7-22(26)13-17-29(27)28/h2-14,16-17,20,24H,15,18-19,21H2,1H3,(H,38,40)(H,42,43). The van der Waals surface area contributed by atoms with Gasteiger partial charge in [0, 0.05) is 23.9 Å². The number of para-hydroxylation sites is 2. The summed E-state index contributed by atoms with van der Waals surface area (Å²) < 4.78 is 0. The Kier molecular flexibility index (Phi) is 5.89. The Balaban J connectivity index is 1.16. The highest BCUT2D eigenvalue weighted by Gasteiger charge is 2.27. The Morgan fingerprint density at radius 3 is 2.67 bits per heavy atom. The minimum atomic E-state index is -0.980. The summed E-state index contributed by atoms with van der Waals surface area (Å²) in [5.74, 6) is 0.835. The second-order valence-corrected chi connectivity index (χ2v) is 11.6. The van der Waals surface area contributed by atoms with Gasteiger partial charge in [0.1, 0.15) is 17.2 Å². The van der Waals surface area contributed by atoms with Crippen molar-refractivity contribution in [2.75, 3.05) is 11.9 Å². The number of aryl methyl sites for hydroxylation is 1. The summed E-state index contributed by atoms with van der Waals surface area (Å²) >= 11 is 0. The molecule has 1 atom stereocenters. The van der Waals surface area contributed by atoms with E-state index in [1.807, 2.05) is 19.2 Å². The molecule has 2 aliphatic rings. The van der Waals surface area contributed by atoms with E-state index in [0.29, 0.717) is 17.9 Å². The van der Waals surface area contributed by atoms with Crippen LogP contribution in [0.1, 0.15) is 51.6 Å². The highest BCUT2D eigenvalue weighted by molar-refractivity contribution is 6.01. The molecule has 43 heavy (non-hydrogen) atoms. The Morgan fingerprint density at radius 2 is 1.79 bits per heavy atom. The van der Waals surface area contributed by atoms with E-state index >= 15 is 0 Å². The fraction of sp³-hybridized carbons (Fsp3) is 0.162. The molecule has 0 radical (unpaired) electrons. The number of nitrogens with zero attached hydrogens (tertiary/aromatic N) is 3. The molecule has 8 rings (SSSR count). The molecule has 2 aliphatic carbocycles. The maximum absolute atomic E-state index is 11.8. The van der Waals surface area contributed by atoms with Gasteiger partial charge in [-0.1, -0.05) is 78.4 Å². The molecule has 210 valence electrons. The molecule has 0 aliphatic heterocycles. The number of H-pyrrole nitrogens is 1. The van der Waals surface area contributed by atoms with Crippen molar-refractivity contribution in [2.24, 2.45) is 0 Å². The number of aromatic carboxylic acids is 1. The van der Waals surface area contributed by atoms with Gasteiger partial charge in [-0.05, 0) is 71.0 Å². The van der Waals surface area contributed by atoms with Crippen LogP contribution in [0.4, 0.5) is 5.82 Å². The first-order valence-electron chi connectivity index (χ1n) is 14.8. The molecule has 0 saturated carbocycles. The van der Waals surface area contributed by atoms with E-state index in [2.05, 4.69) is 87.7 Å². The van der Waals surface area contributed by atoms with Crippen molar-refractivity contribution in [1.29, 1.82) is 0 Å². The van der Waals surface area contributed by atoms with E-state index in [4.69, 9.17) is 4.98 Å². The molecule has 2 heterocycles. The normalized spacial score (nSPS) is 16.1. The molecule has 2 aromatic heterocycles. The van der Waals surface area contributed by atoms with Crippen LogP contribution in [0.3, 0.4) is 0 Å². The minimum Gasteiger partial charge on any atom is -0.478 e. The summed E-state index contributed by atoms with van der Waals surface area (Å²) in [6.45, 7) is 0.469. The molecular weight excluding hydrogens is 532 g/mol. The number of fused-ring (bicyclic) bond motifs is 6. The summed E-state index contributed by atoms with van der Waals surface area (Å²) in [5, 5.41) is 13.4. The van der Waals surface area contributed by atoms with E-state index in [1.54, 1.807) is 12.1 Å². The number of imidazole rings is 1. The Morgan fingerprint density at radius 1 is 0.953 bits per heavy atom. The number of aromatic amines is 1. The molecule has 0 saturated heterocycles. The van der Waals surface area contributed by atoms with Gasteiger partial charge in [0.25, 0.3) is 0 Å². The number of pyridine rings is 1. The van der Waals surface area contributed by atoms with Crippen LogP contribution in [-0.2, 0) is 13.0 Å². The van der Waals surface area contributed by atoms with Crippen LogP contribution in [0.25, 0.3) is 38.3 Å². The second-order valence-electron chi connectivity index (χ2n) is 11.6. The number of benzene rings is 4. The van der Waals surface area contributed by atoms with E-state index in [0.717, 1.165) is 41.5 Å². The Labute approximate surface area is 249 Å². The van der Waals surface area contributed by atoms with E-state index in [1.165, 1.54) is 38.6 Å². The van der Waals surface area contributed by atoms with Gasteiger partial charge in [0.05, 0.1) is 23.1 Å². The number of nitrogens with one attached hydrogen (secondary N) is 1. The lowest BCUT2D eigenvalue weighted by Gasteiger charge is -2.31.